The molecular formula is C15H19N3O. The van der Waals surface area contributed by atoms with Crippen LogP contribution in [0.25, 0.3) is 0 Å². The Kier molecular flexibility index (Phi) is 3.12. The second kappa shape index (κ2) is 4.79. The number of aliphatic hydroxyl groups is 1. The summed E-state index contributed by atoms with van der Waals surface area (Å²) in [6.07, 6.45) is 2.63. The summed E-state index contributed by atoms with van der Waals surface area (Å²) in [6, 6.07) is 12.3. The first-order valence-electron chi connectivity index (χ1n) is 6.64. The highest BCUT2D eigenvalue weighted by Crippen LogP contribution is 2.31. The molecule has 19 heavy (non-hydrogen) atoms. The summed E-state index contributed by atoms with van der Waals surface area (Å²) in [7, 11) is 1.88. The predicted octanol–water partition coefficient (Wildman–Crippen LogP) is 1.51. The number of likely N-dealkylation sites (tertiary alicyclic amines) is 1. The summed E-state index contributed by atoms with van der Waals surface area (Å²) in [5, 5.41) is 15.1. The first-order chi connectivity index (χ1) is 9.16. The van der Waals surface area contributed by atoms with Crippen LogP contribution in [0.2, 0.25) is 0 Å². The smallest absolute Gasteiger partial charge is 0.122 e. The maximum Gasteiger partial charge on any atom is 0.122 e. The highest BCUT2D eigenvalue weighted by molar-refractivity contribution is 5.17. The van der Waals surface area contributed by atoms with E-state index in [4.69, 9.17) is 0 Å². The van der Waals surface area contributed by atoms with Crippen molar-refractivity contribution in [2.75, 3.05) is 13.1 Å². The Morgan fingerprint density at radius 2 is 2.05 bits per heavy atom. The van der Waals surface area contributed by atoms with Crippen molar-refractivity contribution in [1.29, 1.82) is 0 Å². The topological polar surface area (TPSA) is 41.3 Å². The van der Waals surface area contributed by atoms with Gasteiger partial charge in [0.15, 0.2) is 0 Å². The lowest BCUT2D eigenvalue weighted by Gasteiger charge is -2.21. The molecule has 100 valence electrons. The Balaban J connectivity index is 1.70. The molecule has 0 spiro atoms. The number of β-amino-alcohol motifs (C(OH)–C–C–N with tert-alkyl or cyclic N) is 1. The molecule has 1 aromatic carbocycles. The third-order valence-electron chi connectivity index (χ3n) is 3.77. The number of aromatic nitrogens is 2. The highest BCUT2D eigenvalue weighted by Gasteiger charge is 2.39. The molecule has 1 unspecified atom stereocenters. The summed E-state index contributed by atoms with van der Waals surface area (Å²) < 4.78 is 1.74. The largest absolute Gasteiger partial charge is 0.382 e. The Morgan fingerprint density at radius 3 is 2.74 bits per heavy atom. The van der Waals surface area contributed by atoms with E-state index in [2.05, 4.69) is 34.3 Å². The molecule has 3 rings (SSSR count). The van der Waals surface area contributed by atoms with Crippen LogP contribution in [0, 0.1) is 0 Å². The zero-order valence-electron chi connectivity index (χ0n) is 11.2. The summed E-state index contributed by atoms with van der Waals surface area (Å²) in [4.78, 5) is 2.28. The normalized spacial score (nSPS) is 23.9. The van der Waals surface area contributed by atoms with Gasteiger partial charge in [0, 0.05) is 32.9 Å². The Bertz CT molecular complexity index is 552. The molecule has 1 aliphatic rings. The standard InChI is InChI=1S/C15H19N3O/c1-17-9-7-14(16-17)15(19)8-10-18(12-15)11-13-5-3-2-4-6-13/h2-7,9,19H,8,10-12H2,1H3. The van der Waals surface area contributed by atoms with E-state index in [1.54, 1.807) is 4.68 Å². The fourth-order valence-corrected chi connectivity index (χ4v) is 2.72. The van der Waals surface area contributed by atoms with Crippen LogP contribution in [0.4, 0.5) is 0 Å². The van der Waals surface area contributed by atoms with Crippen molar-refractivity contribution in [2.24, 2.45) is 7.05 Å². The minimum Gasteiger partial charge on any atom is -0.382 e. The molecule has 1 fully saturated rings. The minimum absolute atomic E-state index is 0.652. The summed E-state index contributed by atoms with van der Waals surface area (Å²) in [5.74, 6) is 0. The number of rotatable bonds is 3. The van der Waals surface area contributed by atoms with Crippen LogP contribution < -0.4 is 0 Å². The van der Waals surface area contributed by atoms with Gasteiger partial charge >= 0.3 is 0 Å². The average molecular weight is 257 g/mol. The van der Waals surface area contributed by atoms with Crippen molar-refractivity contribution in [1.82, 2.24) is 14.7 Å². The first kappa shape index (κ1) is 12.4. The van der Waals surface area contributed by atoms with E-state index in [0.29, 0.717) is 6.54 Å². The van der Waals surface area contributed by atoms with Crippen LogP contribution in [0.15, 0.2) is 42.6 Å². The molecule has 4 nitrogen and oxygen atoms in total. The van der Waals surface area contributed by atoms with Crippen molar-refractivity contribution < 1.29 is 5.11 Å². The second-order valence-corrected chi connectivity index (χ2v) is 5.35. The maximum absolute atomic E-state index is 10.7. The molecule has 2 aromatic rings. The molecule has 0 saturated carbocycles. The van der Waals surface area contributed by atoms with Crippen molar-refractivity contribution in [2.45, 2.75) is 18.6 Å². The number of hydrogen-bond donors (Lipinski definition) is 1. The fraction of sp³-hybridized carbons (Fsp3) is 0.400. The van der Waals surface area contributed by atoms with Gasteiger partial charge < -0.3 is 5.11 Å². The van der Waals surface area contributed by atoms with E-state index < -0.39 is 5.60 Å². The number of nitrogens with zero attached hydrogens (tertiary/aromatic N) is 3. The van der Waals surface area contributed by atoms with Gasteiger partial charge in [0.1, 0.15) is 5.60 Å². The first-order valence-corrected chi connectivity index (χ1v) is 6.64. The molecule has 2 heterocycles. The molecule has 1 aromatic heterocycles. The molecule has 0 radical (unpaired) electrons. The molecule has 0 bridgehead atoms. The van der Waals surface area contributed by atoms with E-state index in [0.717, 1.165) is 25.2 Å². The minimum atomic E-state index is -0.796. The number of aryl methyl sites for hydroxylation is 1. The van der Waals surface area contributed by atoms with Gasteiger partial charge in [-0.3, -0.25) is 9.58 Å². The van der Waals surface area contributed by atoms with Gasteiger partial charge in [0.05, 0.1) is 5.69 Å². The van der Waals surface area contributed by atoms with Crippen LogP contribution in [-0.4, -0.2) is 32.9 Å². The lowest BCUT2D eigenvalue weighted by atomic mass is 9.99. The SMILES string of the molecule is Cn1ccc(C2(O)CCN(Cc3ccccc3)C2)n1. The third kappa shape index (κ3) is 2.55. The summed E-state index contributed by atoms with van der Waals surface area (Å²) in [6.45, 7) is 2.44. The molecule has 4 heteroatoms. The van der Waals surface area contributed by atoms with Gasteiger partial charge in [-0.15, -0.1) is 0 Å². The zero-order chi connectivity index (χ0) is 13.3. The van der Waals surface area contributed by atoms with Crippen LogP contribution in [0.5, 0.6) is 0 Å². The van der Waals surface area contributed by atoms with Crippen molar-refractivity contribution in [3.05, 3.63) is 53.9 Å². The van der Waals surface area contributed by atoms with Gasteiger partial charge in [0.25, 0.3) is 0 Å². The zero-order valence-corrected chi connectivity index (χ0v) is 11.2. The molecule has 0 aliphatic carbocycles. The second-order valence-electron chi connectivity index (χ2n) is 5.35. The van der Waals surface area contributed by atoms with Crippen molar-refractivity contribution in [3.63, 3.8) is 0 Å². The van der Waals surface area contributed by atoms with Gasteiger partial charge in [-0.1, -0.05) is 30.3 Å². The number of hydrogen-bond acceptors (Lipinski definition) is 3. The van der Waals surface area contributed by atoms with E-state index in [1.165, 1.54) is 5.56 Å². The molecule has 1 aliphatic heterocycles. The van der Waals surface area contributed by atoms with Crippen LogP contribution in [0.1, 0.15) is 17.7 Å². The van der Waals surface area contributed by atoms with E-state index in [1.807, 2.05) is 25.4 Å². The van der Waals surface area contributed by atoms with E-state index in [-0.39, 0.29) is 0 Å². The number of benzene rings is 1. The molecule has 1 N–H and O–H groups in total. The van der Waals surface area contributed by atoms with Crippen LogP contribution in [-0.2, 0) is 19.2 Å². The Hall–Kier alpha value is -1.65. The van der Waals surface area contributed by atoms with Crippen molar-refractivity contribution in [3.8, 4) is 0 Å². The molecule has 1 atom stereocenters. The summed E-state index contributed by atoms with van der Waals surface area (Å²) in [5.41, 5.74) is 1.27. The maximum atomic E-state index is 10.7. The fourth-order valence-electron chi connectivity index (χ4n) is 2.72. The summed E-state index contributed by atoms with van der Waals surface area (Å²) >= 11 is 0. The van der Waals surface area contributed by atoms with E-state index in [9.17, 15) is 5.11 Å². The Morgan fingerprint density at radius 1 is 1.26 bits per heavy atom. The monoisotopic (exact) mass is 257 g/mol. The van der Waals surface area contributed by atoms with Gasteiger partial charge in [-0.25, -0.2) is 0 Å². The molecule has 0 amide bonds. The lowest BCUT2D eigenvalue weighted by Crippen LogP contribution is -2.31. The van der Waals surface area contributed by atoms with Gasteiger partial charge in [-0.05, 0) is 18.1 Å². The van der Waals surface area contributed by atoms with Gasteiger partial charge in [-0.2, -0.15) is 5.10 Å². The average Bonchev–Trinajstić information content (AvgIpc) is 2.99. The molecule has 1 saturated heterocycles. The Labute approximate surface area is 113 Å². The lowest BCUT2D eigenvalue weighted by molar-refractivity contribution is 0.0404. The third-order valence-corrected chi connectivity index (χ3v) is 3.77. The van der Waals surface area contributed by atoms with Crippen molar-refractivity contribution >= 4 is 0 Å². The van der Waals surface area contributed by atoms with Crippen LogP contribution in [0.3, 0.4) is 0 Å². The quantitative estimate of drug-likeness (QED) is 0.906. The van der Waals surface area contributed by atoms with E-state index >= 15 is 0 Å². The predicted molar refractivity (Wildman–Crippen MR) is 73.4 cm³/mol. The highest BCUT2D eigenvalue weighted by atomic mass is 16.3. The molecular weight excluding hydrogens is 238 g/mol. The van der Waals surface area contributed by atoms with Crippen LogP contribution >= 0.6 is 0 Å². The van der Waals surface area contributed by atoms with Gasteiger partial charge in [0.2, 0.25) is 0 Å².